The van der Waals surface area contributed by atoms with Gasteiger partial charge >= 0.3 is 0 Å². The van der Waals surface area contributed by atoms with Gasteiger partial charge in [-0.3, -0.25) is 19.0 Å². The van der Waals surface area contributed by atoms with Crippen LogP contribution in [0.15, 0.2) is 34.2 Å². The number of aryl methyl sites for hydroxylation is 1. The molecule has 1 aromatic carbocycles. The minimum atomic E-state index is -0.186. The Labute approximate surface area is 160 Å². The molecule has 8 heteroatoms. The molecule has 2 heterocycles. The number of thioether (sulfide) groups is 1. The molecule has 0 fully saturated rings. The van der Waals surface area contributed by atoms with E-state index < -0.39 is 0 Å². The maximum atomic E-state index is 12.8. The molecule has 7 nitrogen and oxygen atoms in total. The number of rotatable bonds is 4. The lowest BCUT2D eigenvalue weighted by Gasteiger charge is -2.14. The number of carbonyl (C=O) groups excluding carboxylic acids is 2. The Morgan fingerprint density at radius 2 is 2.04 bits per heavy atom. The molecule has 0 radical (unpaired) electrons. The minimum Gasteiger partial charge on any atom is -0.326 e. The van der Waals surface area contributed by atoms with Gasteiger partial charge in [-0.1, -0.05) is 17.8 Å². The van der Waals surface area contributed by atoms with Crippen molar-refractivity contribution in [3.8, 4) is 0 Å². The third-order valence-corrected chi connectivity index (χ3v) is 5.86. The normalized spacial score (nSPS) is 17.3. The average molecular weight is 384 g/mol. The van der Waals surface area contributed by atoms with Crippen LogP contribution in [0.3, 0.4) is 0 Å². The Kier molecular flexibility index (Phi) is 4.73. The molecule has 27 heavy (non-hydrogen) atoms. The zero-order valence-corrected chi connectivity index (χ0v) is 15.8. The number of aromatic nitrogens is 2. The molecule has 140 valence electrons. The van der Waals surface area contributed by atoms with Crippen molar-refractivity contribution in [2.45, 2.75) is 43.8 Å². The van der Waals surface area contributed by atoms with Gasteiger partial charge in [0.25, 0.3) is 5.56 Å². The van der Waals surface area contributed by atoms with Crippen molar-refractivity contribution in [1.29, 1.82) is 0 Å². The standard InChI is InChI=1S/C19H20N4O3S/c1-11(24)20-12-4-2-5-13(8-12)21-17(25)9-14-10-27-19-22-16-7-3-6-15(16)18(26)23(14)19/h2,4-5,8,14H,3,6-7,9-10H2,1H3,(H,20,24)(H,21,25). The van der Waals surface area contributed by atoms with E-state index >= 15 is 0 Å². The highest BCUT2D eigenvalue weighted by Gasteiger charge is 2.31. The van der Waals surface area contributed by atoms with Gasteiger partial charge in [0.05, 0.1) is 11.7 Å². The number of fused-ring (bicyclic) bond motifs is 2. The molecular weight excluding hydrogens is 364 g/mol. The predicted octanol–water partition coefficient (Wildman–Crippen LogP) is 2.37. The fraction of sp³-hybridized carbons (Fsp3) is 0.368. The first-order valence-electron chi connectivity index (χ1n) is 8.96. The van der Waals surface area contributed by atoms with Crippen LogP contribution in [0.25, 0.3) is 0 Å². The fourth-order valence-electron chi connectivity index (χ4n) is 3.61. The van der Waals surface area contributed by atoms with Crippen molar-refractivity contribution in [3.63, 3.8) is 0 Å². The molecule has 1 aromatic heterocycles. The molecule has 2 aliphatic rings. The SMILES string of the molecule is CC(=O)Nc1cccc(NC(=O)CC2CSc3nc4c(c(=O)n32)CCC4)c1. The lowest BCUT2D eigenvalue weighted by Crippen LogP contribution is -2.30. The Bertz CT molecular complexity index is 985. The summed E-state index contributed by atoms with van der Waals surface area (Å²) < 4.78 is 1.70. The van der Waals surface area contributed by atoms with Gasteiger partial charge in [0, 0.05) is 36.0 Å². The van der Waals surface area contributed by atoms with Crippen molar-refractivity contribution in [2.75, 3.05) is 16.4 Å². The largest absolute Gasteiger partial charge is 0.326 e. The van der Waals surface area contributed by atoms with Crippen LogP contribution < -0.4 is 16.2 Å². The second kappa shape index (κ2) is 7.19. The smallest absolute Gasteiger partial charge is 0.257 e. The molecule has 0 saturated carbocycles. The van der Waals surface area contributed by atoms with Crippen LogP contribution in [0.4, 0.5) is 11.4 Å². The summed E-state index contributed by atoms with van der Waals surface area (Å²) in [7, 11) is 0. The minimum absolute atomic E-state index is 0.0166. The highest BCUT2D eigenvalue weighted by Crippen LogP contribution is 2.34. The number of nitrogens with one attached hydrogen (secondary N) is 2. The van der Waals surface area contributed by atoms with Gasteiger partial charge in [0.2, 0.25) is 11.8 Å². The summed E-state index contributed by atoms with van der Waals surface area (Å²) in [4.78, 5) is 41.1. The van der Waals surface area contributed by atoms with Crippen LogP contribution in [0.5, 0.6) is 0 Å². The number of carbonyl (C=O) groups is 2. The molecule has 2 N–H and O–H groups in total. The summed E-state index contributed by atoms with van der Waals surface area (Å²) in [6.45, 7) is 1.43. The monoisotopic (exact) mass is 384 g/mol. The van der Waals surface area contributed by atoms with E-state index in [0.29, 0.717) is 17.1 Å². The molecule has 0 bridgehead atoms. The van der Waals surface area contributed by atoms with Gasteiger partial charge in [0.1, 0.15) is 0 Å². The van der Waals surface area contributed by atoms with Crippen LogP contribution in [0.1, 0.15) is 37.1 Å². The Morgan fingerprint density at radius 3 is 2.81 bits per heavy atom. The molecule has 4 rings (SSSR count). The zero-order chi connectivity index (χ0) is 19.0. The summed E-state index contributed by atoms with van der Waals surface area (Å²) >= 11 is 1.54. The lowest BCUT2D eigenvalue weighted by molar-refractivity contribution is -0.117. The molecule has 0 spiro atoms. The Hall–Kier alpha value is -2.61. The first-order valence-corrected chi connectivity index (χ1v) is 9.94. The third-order valence-electron chi connectivity index (χ3n) is 4.76. The molecule has 1 atom stereocenters. The van der Waals surface area contributed by atoms with Crippen LogP contribution in [-0.4, -0.2) is 27.1 Å². The van der Waals surface area contributed by atoms with Crippen molar-refractivity contribution in [1.82, 2.24) is 9.55 Å². The second-order valence-corrected chi connectivity index (χ2v) is 7.81. The summed E-state index contributed by atoms with van der Waals surface area (Å²) in [5.74, 6) is 0.336. The number of hydrogen-bond acceptors (Lipinski definition) is 5. The molecule has 0 saturated heterocycles. The Morgan fingerprint density at radius 1 is 1.26 bits per heavy atom. The zero-order valence-electron chi connectivity index (χ0n) is 14.9. The number of hydrogen-bond donors (Lipinski definition) is 2. The van der Waals surface area contributed by atoms with E-state index in [1.807, 2.05) is 0 Å². The second-order valence-electron chi connectivity index (χ2n) is 6.83. The maximum Gasteiger partial charge on any atom is 0.257 e. The molecule has 1 aliphatic heterocycles. The topological polar surface area (TPSA) is 93.1 Å². The van der Waals surface area contributed by atoms with Crippen LogP contribution in [0, 0.1) is 0 Å². The summed E-state index contributed by atoms with van der Waals surface area (Å²) in [6.07, 6.45) is 2.84. The van der Waals surface area contributed by atoms with Crippen LogP contribution >= 0.6 is 11.8 Å². The van der Waals surface area contributed by atoms with Crippen molar-refractivity contribution in [3.05, 3.63) is 45.9 Å². The van der Waals surface area contributed by atoms with E-state index in [-0.39, 0.29) is 29.8 Å². The van der Waals surface area contributed by atoms with E-state index in [4.69, 9.17) is 0 Å². The van der Waals surface area contributed by atoms with Gasteiger partial charge in [-0.05, 0) is 37.5 Å². The highest BCUT2D eigenvalue weighted by atomic mass is 32.2. The van der Waals surface area contributed by atoms with Gasteiger partial charge < -0.3 is 10.6 Å². The molecular formula is C19H20N4O3S. The summed E-state index contributed by atoms with van der Waals surface area (Å²) in [5.41, 5.74) is 2.99. The summed E-state index contributed by atoms with van der Waals surface area (Å²) in [5, 5.41) is 6.27. The van der Waals surface area contributed by atoms with E-state index in [0.717, 1.165) is 35.7 Å². The predicted molar refractivity (Wildman–Crippen MR) is 104 cm³/mol. The van der Waals surface area contributed by atoms with Gasteiger partial charge in [-0.2, -0.15) is 0 Å². The highest BCUT2D eigenvalue weighted by molar-refractivity contribution is 7.99. The van der Waals surface area contributed by atoms with Gasteiger partial charge in [-0.25, -0.2) is 4.98 Å². The molecule has 1 unspecified atom stereocenters. The summed E-state index contributed by atoms with van der Waals surface area (Å²) in [6, 6.07) is 6.80. The Balaban J connectivity index is 1.48. The van der Waals surface area contributed by atoms with E-state index in [1.54, 1.807) is 28.8 Å². The van der Waals surface area contributed by atoms with Crippen molar-refractivity contribution in [2.24, 2.45) is 0 Å². The first-order chi connectivity index (χ1) is 13.0. The molecule has 1 aliphatic carbocycles. The van der Waals surface area contributed by atoms with Gasteiger partial charge in [0.15, 0.2) is 5.16 Å². The number of amides is 2. The first kappa shape index (κ1) is 17.8. The third kappa shape index (κ3) is 3.62. The fourth-order valence-corrected chi connectivity index (χ4v) is 4.76. The van der Waals surface area contributed by atoms with Crippen molar-refractivity contribution < 1.29 is 9.59 Å². The lowest BCUT2D eigenvalue weighted by atomic mass is 10.2. The molecule has 2 amide bonds. The number of benzene rings is 1. The van der Waals surface area contributed by atoms with Crippen LogP contribution in [0.2, 0.25) is 0 Å². The quantitative estimate of drug-likeness (QED) is 0.790. The van der Waals surface area contributed by atoms with E-state index in [1.165, 1.54) is 18.7 Å². The molecule has 2 aromatic rings. The maximum absolute atomic E-state index is 12.8. The van der Waals surface area contributed by atoms with E-state index in [2.05, 4.69) is 15.6 Å². The van der Waals surface area contributed by atoms with E-state index in [9.17, 15) is 14.4 Å². The van der Waals surface area contributed by atoms with Crippen LogP contribution in [-0.2, 0) is 22.4 Å². The average Bonchev–Trinajstić information content (AvgIpc) is 3.22. The number of nitrogens with zero attached hydrogens (tertiary/aromatic N) is 2. The van der Waals surface area contributed by atoms with Crippen molar-refractivity contribution >= 4 is 35.0 Å². The number of anilines is 2. The van der Waals surface area contributed by atoms with Gasteiger partial charge in [-0.15, -0.1) is 0 Å².